The molecule has 1 fully saturated rings. The lowest BCUT2D eigenvalue weighted by Gasteiger charge is -2.31. The van der Waals surface area contributed by atoms with Gasteiger partial charge in [-0.3, -0.25) is 0 Å². The van der Waals surface area contributed by atoms with E-state index in [1.165, 1.54) is 0 Å². The van der Waals surface area contributed by atoms with Gasteiger partial charge in [-0.05, 0) is 12.8 Å². The molecule has 0 aromatic carbocycles. The van der Waals surface area contributed by atoms with Crippen molar-refractivity contribution in [3.05, 3.63) is 0 Å². The Labute approximate surface area is 82.4 Å². The molecule has 0 aromatic rings. The van der Waals surface area contributed by atoms with Gasteiger partial charge in [0.1, 0.15) is 7.85 Å². The van der Waals surface area contributed by atoms with Crippen LogP contribution >= 0.6 is 0 Å². The standard InChI is InChI=1S/C10H21BO2/c1-5-10(6-2)7(3)8(12-4)9(11)13-10/h7-9H,5-6,11H2,1-4H3/t7-,8?,9-/m1/s1. The lowest BCUT2D eigenvalue weighted by molar-refractivity contribution is -0.0377. The van der Waals surface area contributed by atoms with E-state index in [-0.39, 0.29) is 17.7 Å². The van der Waals surface area contributed by atoms with E-state index in [1.807, 2.05) is 0 Å². The molecule has 2 nitrogen and oxygen atoms in total. The predicted molar refractivity (Wildman–Crippen MR) is 56.7 cm³/mol. The molecule has 0 saturated carbocycles. The van der Waals surface area contributed by atoms with E-state index in [0.29, 0.717) is 5.92 Å². The Hall–Kier alpha value is -0.0151. The molecule has 1 rings (SSSR count). The SMILES string of the molecule is B[C@@H]1OC(CC)(CC)[C@H](C)C1OC. The normalized spacial score (nSPS) is 38.0. The second-order valence-electron chi connectivity index (χ2n) is 4.08. The van der Waals surface area contributed by atoms with Crippen LogP contribution in [0.3, 0.4) is 0 Å². The monoisotopic (exact) mass is 184 g/mol. The van der Waals surface area contributed by atoms with Crippen molar-refractivity contribution in [2.75, 3.05) is 7.11 Å². The fourth-order valence-corrected chi connectivity index (χ4v) is 2.71. The van der Waals surface area contributed by atoms with Crippen LogP contribution in [0.1, 0.15) is 33.6 Å². The number of hydrogen-bond donors (Lipinski definition) is 0. The first kappa shape index (κ1) is 11.1. The zero-order chi connectivity index (χ0) is 10.1. The Bertz CT molecular complexity index is 168. The number of rotatable bonds is 3. The molecule has 13 heavy (non-hydrogen) atoms. The molecule has 1 unspecified atom stereocenters. The Morgan fingerprint density at radius 3 is 2.15 bits per heavy atom. The Morgan fingerprint density at radius 2 is 1.92 bits per heavy atom. The minimum absolute atomic E-state index is 0.0556. The first-order chi connectivity index (χ1) is 6.11. The van der Waals surface area contributed by atoms with E-state index >= 15 is 0 Å². The van der Waals surface area contributed by atoms with E-state index < -0.39 is 0 Å². The minimum Gasteiger partial charge on any atom is -0.379 e. The Morgan fingerprint density at radius 1 is 1.38 bits per heavy atom. The quantitative estimate of drug-likeness (QED) is 0.613. The molecule has 0 spiro atoms. The van der Waals surface area contributed by atoms with Gasteiger partial charge in [-0.1, -0.05) is 20.8 Å². The van der Waals surface area contributed by atoms with Crippen molar-refractivity contribution in [3.63, 3.8) is 0 Å². The lowest BCUT2D eigenvalue weighted by atomic mass is 9.80. The number of ether oxygens (including phenoxy) is 2. The maximum absolute atomic E-state index is 6.04. The predicted octanol–water partition coefficient (Wildman–Crippen LogP) is 1.19. The van der Waals surface area contributed by atoms with Gasteiger partial charge < -0.3 is 9.47 Å². The fourth-order valence-electron chi connectivity index (χ4n) is 2.71. The Balaban J connectivity index is 2.80. The van der Waals surface area contributed by atoms with Crippen LogP contribution < -0.4 is 0 Å². The summed E-state index contributed by atoms with van der Waals surface area (Å²) in [7, 11) is 3.89. The molecule has 3 heteroatoms. The summed E-state index contributed by atoms with van der Waals surface area (Å²) in [4.78, 5) is 0. The minimum atomic E-state index is 0.0556. The molecule has 76 valence electrons. The van der Waals surface area contributed by atoms with Crippen molar-refractivity contribution in [3.8, 4) is 0 Å². The number of methoxy groups -OCH3 is 1. The van der Waals surface area contributed by atoms with Crippen molar-refractivity contribution >= 4 is 7.85 Å². The van der Waals surface area contributed by atoms with Crippen molar-refractivity contribution < 1.29 is 9.47 Å². The third-order valence-corrected chi connectivity index (χ3v) is 3.67. The summed E-state index contributed by atoms with van der Waals surface area (Å²) >= 11 is 0. The highest BCUT2D eigenvalue weighted by atomic mass is 16.6. The van der Waals surface area contributed by atoms with Crippen molar-refractivity contribution in [1.82, 2.24) is 0 Å². The van der Waals surface area contributed by atoms with Crippen molar-refractivity contribution in [2.45, 2.75) is 51.3 Å². The van der Waals surface area contributed by atoms with Gasteiger partial charge in [-0.25, -0.2) is 0 Å². The van der Waals surface area contributed by atoms with Gasteiger partial charge in [0.2, 0.25) is 0 Å². The van der Waals surface area contributed by atoms with E-state index in [0.717, 1.165) is 12.8 Å². The van der Waals surface area contributed by atoms with Crippen LogP contribution in [0.5, 0.6) is 0 Å². The maximum atomic E-state index is 6.04. The highest BCUT2D eigenvalue weighted by Gasteiger charge is 2.48. The summed E-state index contributed by atoms with van der Waals surface area (Å²) in [6.45, 7) is 6.64. The molecular formula is C10H21BO2. The first-order valence-corrected chi connectivity index (χ1v) is 5.32. The van der Waals surface area contributed by atoms with Crippen LogP contribution in [0.2, 0.25) is 0 Å². The molecule has 1 heterocycles. The zero-order valence-electron chi connectivity index (χ0n) is 9.46. The van der Waals surface area contributed by atoms with Crippen LogP contribution in [0.25, 0.3) is 0 Å². The van der Waals surface area contributed by atoms with Gasteiger partial charge in [0.25, 0.3) is 0 Å². The smallest absolute Gasteiger partial charge is 0.142 e. The molecule has 3 atom stereocenters. The lowest BCUT2D eigenvalue weighted by Crippen LogP contribution is -2.35. The highest BCUT2D eigenvalue weighted by Crippen LogP contribution is 2.41. The molecule has 0 amide bonds. The Kier molecular flexibility index (Phi) is 3.41. The largest absolute Gasteiger partial charge is 0.379 e. The molecule has 1 aliphatic heterocycles. The van der Waals surface area contributed by atoms with E-state index in [1.54, 1.807) is 7.11 Å². The number of hydrogen-bond acceptors (Lipinski definition) is 2. The van der Waals surface area contributed by atoms with Crippen LogP contribution in [-0.2, 0) is 9.47 Å². The average molecular weight is 184 g/mol. The van der Waals surface area contributed by atoms with Gasteiger partial charge >= 0.3 is 0 Å². The summed E-state index contributed by atoms with van der Waals surface area (Å²) in [6.07, 6.45) is 2.42. The van der Waals surface area contributed by atoms with Crippen molar-refractivity contribution in [2.24, 2.45) is 5.92 Å². The maximum Gasteiger partial charge on any atom is 0.142 e. The second kappa shape index (κ2) is 4.01. The summed E-state index contributed by atoms with van der Waals surface area (Å²) in [5.41, 5.74) is 0.0556. The van der Waals surface area contributed by atoms with Gasteiger partial charge in [-0.2, -0.15) is 0 Å². The van der Waals surface area contributed by atoms with Gasteiger partial charge in [-0.15, -0.1) is 0 Å². The molecule has 0 aliphatic carbocycles. The van der Waals surface area contributed by atoms with Crippen LogP contribution in [0.15, 0.2) is 0 Å². The van der Waals surface area contributed by atoms with E-state index in [2.05, 4.69) is 28.6 Å². The van der Waals surface area contributed by atoms with E-state index in [4.69, 9.17) is 9.47 Å². The van der Waals surface area contributed by atoms with Crippen LogP contribution in [0, 0.1) is 5.92 Å². The molecular weight excluding hydrogens is 163 g/mol. The summed E-state index contributed by atoms with van der Waals surface area (Å²) in [6, 6.07) is 0.236. The first-order valence-electron chi connectivity index (χ1n) is 5.32. The zero-order valence-corrected chi connectivity index (χ0v) is 9.46. The second-order valence-corrected chi connectivity index (χ2v) is 4.08. The van der Waals surface area contributed by atoms with Gasteiger partial charge in [0.15, 0.2) is 0 Å². The summed E-state index contributed by atoms with van der Waals surface area (Å²) in [5.74, 6) is 0.502. The molecule has 0 aromatic heterocycles. The van der Waals surface area contributed by atoms with Gasteiger partial charge in [0, 0.05) is 13.0 Å². The summed E-state index contributed by atoms with van der Waals surface area (Å²) < 4.78 is 11.5. The van der Waals surface area contributed by atoms with Gasteiger partial charge in [0.05, 0.1) is 17.7 Å². The third-order valence-electron chi connectivity index (χ3n) is 3.67. The van der Waals surface area contributed by atoms with Crippen LogP contribution in [-0.4, -0.2) is 32.7 Å². The summed E-state index contributed by atoms with van der Waals surface area (Å²) in [5, 5.41) is 0. The van der Waals surface area contributed by atoms with Crippen molar-refractivity contribution in [1.29, 1.82) is 0 Å². The topological polar surface area (TPSA) is 18.5 Å². The van der Waals surface area contributed by atoms with E-state index in [9.17, 15) is 0 Å². The molecule has 1 aliphatic rings. The molecule has 1 saturated heterocycles. The molecule has 0 radical (unpaired) electrons. The third kappa shape index (κ3) is 1.64. The fraction of sp³-hybridized carbons (Fsp3) is 1.00. The van der Waals surface area contributed by atoms with Crippen LogP contribution in [0.4, 0.5) is 0 Å². The molecule has 0 bridgehead atoms. The highest BCUT2D eigenvalue weighted by molar-refractivity contribution is 6.11. The molecule has 0 N–H and O–H groups in total. The average Bonchev–Trinajstić information content (AvgIpc) is 2.38.